The van der Waals surface area contributed by atoms with Crippen LogP contribution in [0.5, 0.6) is 0 Å². The summed E-state index contributed by atoms with van der Waals surface area (Å²) in [4.78, 5) is 52.1. The van der Waals surface area contributed by atoms with Crippen LogP contribution >= 0.6 is 23.2 Å². The highest BCUT2D eigenvalue weighted by molar-refractivity contribution is 6.35. The number of benzene rings is 2. The van der Waals surface area contributed by atoms with Crippen molar-refractivity contribution < 1.29 is 24.0 Å². The summed E-state index contributed by atoms with van der Waals surface area (Å²) in [5.41, 5.74) is 4.49. The number of carbonyl (C=O) groups excluding carboxylic acids is 3. The maximum Gasteiger partial charge on any atom is 0.273 e. The molecule has 3 atom stereocenters. The molecule has 11 heteroatoms. The number of amides is 3. The van der Waals surface area contributed by atoms with Gasteiger partial charge in [0.05, 0.1) is 30.2 Å². The van der Waals surface area contributed by atoms with E-state index < -0.39 is 29.7 Å². The Morgan fingerprint density at radius 2 is 1.86 bits per heavy atom. The maximum absolute atomic E-state index is 14.3. The number of hydrogen-bond acceptors (Lipinski definition) is 6. The third kappa shape index (κ3) is 6.29. The predicted octanol–water partition coefficient (Wildman–Crippen LogP) is 5.50. The van der Waals surface area contributed by atoms with Gasteiger partial charge in [-0.15, -0.1) is 0 Å². The van der Waals surface area contributed by atoms with E-state index in [-0.39, 0.29) is 24.1 Å². The molecule has 1 aromatic heterocycles. The van der Waals surface area contributed by atoms with E-state index in [1.165, 1.54) is 10.0 Å². The first-order chi connectivity index (χ1) is 20.4. The first-order valence-electron chi connectivity index (χ1n) is 14.0. The SMILES string of the molecule is CCOCC1CCCCN(N2C(=O)c3ccccc3C(C(=O)NOCc3ccccn3)C2c2ccc(Cl)cc2Cl)C1=O. The second-order valence-electron chi connectivity index (χ2n) is 10.2. The average molecular weight is 612 g/mol. The molecular formula is C31H32Cl2N4O5. The van der Waals surface area contributed by atoms with Crippen LogP contribution in [0.1, 0.15) is 65.3 Å². The molecule has 0 saturated carbocycles. The number of halogens is 2. The van der Waals surface area contributed by atoms with Gasteiger partial charge in [-0.1, -0.05) is 60.0 Å². The lowest BCUT2D eigenvalue weighted by Crippen LogP contribution is -2.58. The Labute approximate surface area is 254 Å². The molecule has 2 aromatic carbocycles. The summed E-state index contributed by atoms with van der Waals surface area (Å²) in [7, 11) is 0. The molecule has 1 fully saturated rings. The molecule has 0 aliphatic carbocycles. The fraction of sp³-hybridized carbons (Fsp3) is 0.355. The second kappa shape index (κ2) is 13.6. The first kappa shape index (κ1) is 30.0. The van der Waals surface area contributed by atoms with Crippen LogP contribution in [0.3, 0.4) is 0 Å². The van der Waals surface area contributed by atoms with Gasteiger partial charge < -0.3 is 4.74 Å². The molecule has 42 heavy (non-hydrogen) atoms. The molecule has 2 aliphatic heterocycles. The van der Waals surface area contributed by atoms with Crippen molar-refractivity contribution in [3.63, 3.8) is 0 Å². The van der Waals surface area contributed by atoms with Crippen molar-refractivity contribution in [3.8, 4) is 0 Å². The quantitative estimate of drug-likeness (QED) is 0.321. The van der Waals surface area contributed by atoms with E-state index in [0.717, 1.165) is 6.42 Å². The summed E-state index contributed by atoms with van der Waals surface area (Å²) >= 11 is 13.0. The van der Waals surface area contributed by atoms with Gasteiger partial charge in [0.2, 0.25) is 5.91 Å². The highest BCUT2D eigenvalue weighted by atomic mass is 35.5. The summed E-state index contributed by atoms with van der Waals surface area (Å²) in [6.07, 6.45) is 3.77. The molecule has 1 saturated heterocycles. The molecule has 3 amide bonds. The smallest absolute Gasteiger partial charge is 0.273 e. The maximum atomic E-state index is 14.3. The van der Waals surface area contributed by atoms with E-state index in [1.807, 2.05) is 13.0 Å². The van der Waals surface area contributed by atoms with Crippen molar-refractivity contribution in [1.29, 1.82) is 0 Å². The summed E-state index contributed by atoms with van der Waals surface area (Å²) in [5, 5.41) is 3.57. The van der Waals surface area contributed by atoms with Crippen LogP contribution in [0.4, 0.5) is 0 Å². The molecule has 0 bridgehead atoms. The number of fused-ring (bicyclic) bond motifs is 1. The van der Waals surface area contributed by atoms with Crippen LogP contribution < -0.4 is 5.48 Å². The van der Waals surface area contributed by atoms with Crippen molar-refractivity contribution in [2.75, 3.05) is 19.8 Å². The average Bonchev–Trinajstić information content (AvgIpc) is 3.17. The van der Waals surface area contributed by atoms with E-state index in [2.05, 4.69) is 10.5 Å². The minimum absolute atomic E-state index is 0.0413. The Balaban J connectivity index is 1.58. The van der Waals surface area contributed by atoms with E-state index in [1.54, 1.807) is 60.8 Å². The summed E-state index contributed by atoms with van der Waals surface area (Å²) in [5.74, 6) is -2.52. The molecule has 3 heterocycles. The van der Waals surface area contributed by atoms with Gasteiger partial charge in [-0.05, 0) is 61.2 Å². The van der Waals surface area contributed by atoms with Gasteiger partial charge in [0.15, 0.2) is 0 Å². The molecule has 220 valence electrons. The first-order valence-corrected chi connectivity index (χ1v) is 14.7. The van der Waals surface area contributed by atoms with Crippen LogP contribution in [0, 0.1) is 5.92 Å². The Bertz CT molecular complexity index is 1440. The highest BCUT2D eigenvalue weighted by Gasteiger charge is 2.49. The van der Waals surface area contributed by atoms with Gasteiger partial charge in [0, 0.05) is 35.0 Å². The molecule has 0 radical (unpaired) electrons. The van der Waals surface area contributed by atoms with Crippen LogP contribution in [0.2, 0.25) is 10.0 Å². The fourth-order valence-corrected chi connectivity index (χ4v) is 6.09. The number of pyridine rings is 1. The summed E-state index contributed by atoms with van der Waals surface area (Å²) < 4.78 is 5.63. The number of ether oxygens (including phenoxy) is 1. The zero-order valence-electron chi connectivity index (χ0n) is 23.2. The number of hydroxylamine groups is 1. The van der Waals surface area contributed by atoms with Gasteiger partial charge in [-0.2, -0.15) is 0 Å². The van der Waals surface area contributed by atoms with Gasteiger partial charge in [0.1, 0.15) is 6.61 Å². The standard InChI is InChI=1S/C31H32Cl2N4O5/c1-2-41-18-20-9-6-8-16-36(30(20)39)37-28(25-14-13-21(32)17-26(25)33)27(23-11-3-4-12-24(23)31(37)40)29(38)35-42-19-22-10-5-7-15-34-22/h3-5,7,10-15,17,20,27-28H,2,6,8-9,16,18-19H2,1H3,(H,35,38). The van der Waals surface area contributed by atoms with Crippen molar-refractivity contribution in [1.82, 2.24) is 20.5 Å². The van der Waals surface area contributed by atoms with Gasteiger partial charge >= 0.3 is 0 Å². The number of hydrazine groups is 1. The number of nitrogens with one attached hydrogen (secondary N) is 1. The molecule has 9 nitrogen and oxygen atoms in total. The Morgan fingerprint density at radius 3 is 2.62 bits per heavy atom. The Hall–Kier alpha value is -3.50. The third-order valence-electron chi connectivity index (χ3n) is 7.56. The zero-order chi connectivity index (χ0) is 29.6. The van der Waals surface area contributed by atoms with Crippen molar-refractivity contribution in [2.24, 2.45) is 5.92 Å². The second-order valence-corrected chi connectivity index (χ2v) is 11.1. The predicted molar refractivity (Wildman–Crippen MR) is 157 cm³/mol. The lowest BCUT2D eigenvalue weighted by Gasteiger charge is -2.47. The molecular weight excluding hydrogens is 579 g/mol. The zero-order valence-corrected chi connectivity index (χ0v) is 24.7. The molecule has 0 spiro atoms. The minimum atomic E-state index is -0.970. The van der Waals surface area contributed by atoms with E-state index in [9.17, 15) is 14.4 Å². The monoisotopic (exact) mass is 610 g/mol. The van der Waals surface area contributed by atoms with Crippen LogP contribution in [-0.4, -0.2) is 52.5 Å². The molecule has 3 aromatic rings. The summed E-state index contributed by atoms with van der Waals surface area (Å²) in [6, 6.07) is 16.3. The highest BCUT2D eigenvalue weighted by Crippen LogP contribution is 2.46. The lowest BCUT2D eigenvalue weighted by molar-refractivity contribution is -0.158. The van der Waals surface area contributed by atoms with Gasteiger partial charge in [-0.25, -0.2) is 10.5 Å². The Morgan fingerprint density at radius 1 is 1.05 bits per heavy atom. The van der Waals surface area contributed by atoms with Crippen LogP contribution in [0.15, 0.2) is 66.9 Å². The number of nitrogens with zero attached hydrogens (tertiary/aromatic N) is 3. The lowest BCUT2D eigenvalue weighted by atomic mass is 9.80. The molecule has 1 N–H and O–H groups in total. The fourth-order valence-electron chi connectivity index (χ4n) is 5.57. The third-order valence-corrected chi connectivity index (χ3v) is 8.12. The van der Waals surface area contributed by atoms with E-state index in [0.29, 0.717) is 53.4 Å². The van der Waals surface area contributed by atoms with Crippen molar-refractivity contribution >= 4 is 40.9 Å². The van der Waals surface area contributed by atoms with Gasteiger partial charge in [0.25, 0.3) is 11.8 Å². The minimum Gasteiger partial charge on any atom is -0.381 e. The molecule has 5 rings (SSSR count). The number of aromatic nitrogens is 1. The van der Waals surface area contributed by atoms with Gasteiger partial charge in [-0.3, -0.25) is 29.2 Å². The van der Waals surface area contributed by atoms with Crippen molar-refractivity contribution in [2.45, 2.75) is 44.8 Å². The Kier molecular flexibility index (Phi) is 9.74. The normalized spacial score (nSPS) is 20.7. The number of hydrogen-bond donors (Lipinski definition) is 1. The van der Waals surface area contributed by atoms with Crippen molar-refractivity contribution in [3.05, 3.63) is 99.3 Å². The molecule has 2 aliphatic rings. The van der Waals surface area contributed by atoms with Crippen LogP contribution in [0.25, 0.3) is 0 Å². The summed E-state index contributed by atoms with van der Waals surface area (Å²) in [6.45, 7) is 2.95. The topological polar surface area (TPSA) is 101 Å². The van der Waals surface area contributed by atoms with E-state index >= 15 is 0 Å². The number of carbonyl (C=O) groups is 3. The largest absolute Gasteiger partial charge is 0.381 e. The van der Waals surface area contributed by atoms with Crippen LogP contribution in [-0.2, 0) is 25.8 Å². The van der Waals surface area contributed by atoms with E-state index in [4.69, 9.17) is 32.8 Å². The molecule has 3 unspecified atom stereocenters. The number of rotatable bonds is 9.